The van der Waals surface area contributed by atoms with Crippen molar-refractivity contribution in [2.45, 2.75) is 52.6 Å². The van der Waals surface area contributed by atoms with Crippen LogP contribution in [0.15, 0.2) is 97.1 Å². The van der Waals surface area contributed by atoms with E-state index in [-0.39, 0.29) is 29.2 Å². The second-order valence-corrected chi connectivity index (χ2v) is 11.1. The van der Waals surface area contributed by atoms with Crippen LogP contribution >= 0.6 is 0 Å². The van der Waals surface area contributed by atoms with Crippen molar-refractivity contribution in [2.24, 2.45) is 0 Å². The van der Waals surface area contributed by atoms with E-state index in [2.05, 4.69) is 13.8 Å². The lowest BCUT2D eigenvalue weighted by atomic mass is 10.2. The molecule has 0 N–H and O–H groups in total. The Bertz CT molecular complexity index is 1660. The number of carbonyl (C=O) groups is 4. The van der Waals surface area contributed by atoms with E-state index < -0.39 is 30.0 Å². The molecule has 4 aromatic carbocycles. The molecule has 0 radical (unpaired) electrons. The van der Waals surface area contributed by atoms with E-state index in [1.54, 1.807) is 55.5 Å². The second kappa shape index (κ2) is 18.6. The second-order valence-electron chi connectivity index (χ2n) is 11.1. The maximum Gasteiger partial charge on any atom is 0.343 e. The molecule has 4 rings (SSSR count). The fourth-order valence-electron chi connectivity index (χ4n) is 4.25. The van der Waals surface area contributed by atoms with Crippen molar-refractivity contribution in [3.05, 3.63) is 119 Å². The molecule has 256 valence electrons. The molecule has 0 aliphatic heterocycles. The lowest BCUT2D eigenvalue weighted by molar-refractivity contribution is 0.00447. The van der Waals surface area contributed by atoms with Crippen molar-refractivity contribution in [3.63, 3.8) is 0 Å². The molecule has 0 bridgehead atoms. The molecular weight excluding hydrogens is 628 g/mol. The molecule has 10 heteroatoms. The zero-order chi connectivity index (χ0) is 35.0. The summed E-state index contributed by atoms with van der Waals surface area (Å²) in [7, 11) is 0. The van der Waals surface area contributed by atoms with Crippen LogP contribution in [0.5, 0.6) is 23.0 Å². The molecule has 0 aromatic heterocycles. The Kier molecular flexibility index (Phi) is 13.8. The summed E-state index contributed by atoms with van der Waals surface area (Å²) >= 11 is 0. The maximum atomic E-state index is 12.6. The van der Waals surface area contributed by atoms with Crippen molar-refractivity contribution in [3.8, 4) is 23.0 Å². The summed E-state index contributed by atoms with van der Waals surface area (Å²) < 4.78 is 32.7. The standard InChI is InChI=1S/C39H40O10/c1-4-6-24-44-32-16-8-30(9-17-32)38(42)48-34-20-12-28(13-21-34)36(40)46-26-27(3)47-37(41)29-14-22-35(23-15-29)49-39(43)31-10-18-33(19-11-31)45-25-7-5-2/h8-23,27H,4-7,24-26H2,1-3H3. The summed E-state index contributed by atoms with van der Waals surface area (Å²) in [5, 5.41) is 0. The van der Waals surface area contributed by atoms with Gasteiger partial charge in [-0.3, -0.25) is 0 Å². The van der Waals surface area contributed by atoms with Gasteiger partial charge in [-0.1, -0.05) is 26.7 Å². The summed E-state index contributed by atoms with van der Waals surface area (Å²) in [6.45, 7) is 6.80. The molecule has 0 amide bonds. The molecule has 1 atom stereocenters. The Morgan fingerprint density at radius 3 is 1.22 bits per heavy atom. The first kappa shape index (κ1) is 36.2. The quantitative estimate of drug-likeness (QED) is 0.0623. The van der Waals surface area contributed by atoms with Gasteiger partial charge in [0, 0.05) is 0 Å². The lowest BCUT2D eigenvalue weighted by Gasteiger charge is -2.14. The molecule has 0 saturated carbocycles. The van der Waals surface area contributed by atoms with Gasteiger partial charge in [0.25, 0.3) is 0 Å². The molecule has 10 nitrogen and oxygen atoms in total. The molecule has 49 heavy (non-hydrogen) atoms. The molecule has 4 aromatic rings. The summed E-state index contributed by atoms with van der Waals surface area (Å²) in [5.74, 6) is -0.485. The van der Waals surface area contributed by atoms with Gasteiger partial charge in [0.2, 0.25) is 0 Å². The monoisotopic (exact) mass is 668 g/mol. The van der Waals surface area contributed by atoms with Gasteiger partial charge >= 0.3 is 23.9 Å². The van der Waals surface area contributed by atoms with E-state index in [9.17, 15) is 19.2 Å². The molecule has 0 saturated heterocycles. The molecule has 1 unspecified atom stereocenters. The van der Waals surface area contributed by atoms with E-state index in [0.717, 1.165) is 25.7 Å². The Balaban J connectivity index is 1.18. The van der Waals surface area contributed by atoms with E-state index >= 15 is 0 Å². The first-order chi connectivity index (χ1) is 23.7. The maximum absolute atomic E-state index is 12.6. The number of ether oxygens (including phenoxy) is 6. The Morgan fingerprint density at radius 1 is 0.490 bits per heavy atom. The van der Waals surface area contributed by atoms with Crippen LogP contribution in [0.2, 0.25) is 0 Å². The van der Waals surface area contributed by atoms with Gasteiger partial charge in [-0.05, 0) is 117 Å². The van der Waals surface area contributed by atoms with Crippen LogP contribution in [-0.2, 0) is 9.47 Å². The molecule has 0 heterocycles. The highest BCUT2D eigenvalue weighted by atomic mass is 16.6. The topological polar surface area (TPSA) is 124 Å². The third-order valence-corrected chi connectivity index (χ3v) is 7.07. The van der Waals surface area contributed by atoms with Gasteiger partial charge in [-0.2, -0.15) is 0 Å². The van der Waals surface area contributed by atoms with Crippen molar-refractivity contribution < 1.29 is 47.6 Å². The van der Waals surface area contributed by atoms with Gasteiger partial charge < -0.3 is 28.4 Å². The highest BCUT2D eigenvalue weighted by Crippen LogP contribution is 2.20. The minimum Gasteiger partial charge on any atom is -0.494 e. The number of esters is 4. The van der Waals surface area contributed by atoms with Gasteiger partial charge in [0.05, 0.1) is 35.5 Å². The fraction of sp³-hybridized carbons (Fsp3) is 0.282. The van der Waals surface area contributed by atoms with E-state index in [4.69, 9.17) is 28.4 Å². The van der Waals surface area contributed by atoms with Crippen LogP contribution in [0.1, 0.15) is 87.9 Å². The van der Waals surface area contributed by atoms with Crippen LogP contribution in [0.3, 0.4) is 0 Å². The Morgan fingerprint density at radius 2 is 0.837 bits per heavy atom. The molecule has 0 fully saturated rings. The van der Waals surface area contributed by atoms with Crippen LogP contribution in [0, 0.1) is 0 Å². The number of benzene rings is 4. The summed E-state index contributed by atoms with van der Waals surface area (Å²) in [6.07, 6.45) is 3.21. The smallest absolute Gasteiger partial charge is 0.343 e. The average Bonchev–Trinajstić information content (AvgIpc) is 3.12. The Hall–Kier alpha value is -5.64. The van der Waals surface area contributed by atoms with Crippen LogP contribution in [0.4, 0.5) is 0 Å². The van der Waals surface area contributed by atoms with Crippen LogP contribution in [0.25, 0.3) is 0 Å². The number of hydrogen-bond acceptors (Lipinski definition) is 10. The van der Waals surface area contributed by atoms with E-state index in [1.165, 1.54) is 48.5 Å². The largest absolute Gasteiger partial charge is 0.494 e. The van der Waals surface area contributed by atoms with Gasteiger partial charge in [0.15, 0.2) is 0 Å². The SMILES string of the molecule is CCCCOc1ccc(C(=O)Oc2ccc(C(=O)OCC(C)OC(=O)c3ccc(OC(=O)c4ccc(OCCCC)cc4)cc3)cc2)cc1. The number of hydrogen-bond donors (Lipinski definition) is 0. The van der Waals surface area contributed by atoms with Gasteiger partial charge in [0.1, 0.15) is 35.7 Å². The fourth-order valence-corrected chi connectivity index (χ4v) is 4.25. The van der Waals surface area contributed by atoms with E-state index in [1.807, 2.05) is 0 Å². The third-order valence-electron chi connectivity index (χ3n) is 7.07. The van der Waals surface area contributed by atoms with Gasteiger partial charge in [-0.25, -0.2) is 19.2 Å². The van der Waals surface area contributed by atoms with Crippen molar-refractivity contribution in [1.29, 1.82) is 0 Å². The number of carbonyl (C=O) groups excluding carboxylic acids is 4. The lowest BCUT2D eigenvalue weighted by Crippen LogP contribution is -2.22. The predicted octanol–water partition coefficient (Wildman–Crippen LogP) is 7.89. The van der Waals surface area contributed by atoms with E-state index in [0.29, 0.717) is 35.8 Å². The highest BCUT2D eigenvalue weighted by Gasteiger charge is 2.17. The zero-order valence-corrected chi connectivity index (χ0v) is 27.8. The highest BCUT2D eigenvalue weighted by molar-refractivity contribution is 5.93. The first-order valence-corrected chi connectivity index (χ1v) is 16.2. The first-order valence-electron chi connectivity index (χ1n) is 16.2. The minimum atomic E-state index is -0.744. The average molecular weight is 669 g/mol. The normalized spacial score (nSPS) is 11.2. The van der Waals surface area contributed by atoms with Crippen LogP contribution in [-0.4, -0.2) is 49.8 Å². The van der Waals surface area contributed by atoms with Crippen molar-refractivity contribution >= 4 is 23.9 Å². The predicted molar refractivity (Wildman–Crippen MR) is 182 cm³/mol. The zero-order valence-electron chi connectivity index (χ0n) is 27.8. The van der Waals surface area contributed by atoms with Gasteiger partial charge in [-0.15, -0.1) is 0 Å². The van der Waals surface area contributed by atoms with Crippen LogP contribution < -0.4 is 18.9 Å². The minimum absolute atomic E-state index is 0.183. The number of unbranched alkanes of at least 4 members (excludes halogenated alkanes) is 2. The molecule has 0 spiro atoms. The molecule has 0 aliphatic rings. The summed E-state index contributed by atoms with van der Waals surface area (Å²) in [4.78, 5) is 50.2. The summed E-state index contributed by atoms with van der Waals surface area (Å²) in [5.41, 5.74) is 1.18. The molecular formula is C39H40O10. The number of rotatable bonds is 17. The summed E-state index contributed by atoms with van der Waals surface area (Å²) in [6, 6.07) is 25.2. The Labute approximate surface area is 285 Å². The third kappa shape index (κ3) is 11.5. The van der Waals surface area contributed by atoms with Crippen molar-refractivity contribution in [1.82, 2.24) is 0 Å². The van der Waals surface area contributed by atoms with Crippen molar-refractivity contribution in [2.75, 3.05) is 19.8 Å². The molecule has 0 aliphatic carbocycles.